The van der Waals surface area contributed by atoms with E-state index in [0.717, 1.165) is 29.0 Å². The zero-order chi connectivity index (χ0) is 19.7. The van der Waals surface area contributed by atoms with E-state index in [1.54, 1.807) is 30.1 Å². The minimum absolute atomic E-state index is 0.191. The summed E-state index contributed by atoms with van der Waals surface area (Å²) in [5.74, 6) is 0.0150. The van der Waals surface area contributed by atoms with E-state index < -0.39 is 6.04 Å². The summed E-state index contributed by atoms with van der Waals surface area (Å²) in [5.41, 5.74) is 2.42. The average molecular weight is 399 g/mol. The van der Waals surface area contributed by atoms with Crippen LogP contribution in [0, 0.1) is 5.82 Å². The number of aromatic nitrogens is 3. The van der Waals surface area contributed by atoms with Gasteiger partial charge in [-0.25, -0.2) is 9.37 Å². The highest BCUT2D eigenvalue weighted by Gasteiger charge is 2.31. The van der Waals surface area contributed by atoms with Crippen molar-refractivity contribution in [3.8, 4) is 0 Å². The van der Waals surface area contributed by atoms with Crippen LogP contribution >= 0.6 is 11.3 Å². The molecule has 1 aromatic carbocycles. The van der Waals surface area contributed by atoms with E-state index in [9.17, 15) is 9.18 Å². The zero-order valence-corrected chi connectivity index (χ0v) is 16.6. The maximum absolute atomic E-state index is 14.1. The molecule has 2 aromatic heterocycles. The highest BCUT2D eigenvalue weighted by molar-refractivity contribution is 7.15. The predicted molar refractivity (Wildman–Crippen MR) is 107 cm³/mol. The fourth-order valence-corrected chi connectivity index (χ4v) is 4.32. The number of anilines is 1. The smallest absolute Gasteiger partial charge is 0.247 e. The van der Waals surface area contributed by atoms with Gasteiger partial charge < -0.3 is 10.6 Å². The van der Waals surface area contributed by atoms with Gasteiger partial charge in [0.2, 0.25) is 5.91 Å². The van der Waals surface area contributed by atoms with Crippen LogP contribution in [0.15, 0.2) is 36.7 Å². The Morgan fingerprint density at radius 1 is 1.39 bits per heavy atom. The second kappa shape index (κ2) is 7.81. The van der Waals surface area contributed by atoms with Crippen molar-refractivity contribution in [2.24, 2.45) is 7.05 Å². The van der Waals surface area contributed by atoms with Crippen LogP contribution < -0.4 is 10.6 Å². The van der Waals surface area contributed by atoms with Crippen molar-refractivity contribution in [2.75, 3.05) is 12.4 Å². The molecule has 1 amide bonds. The fraction of sp³-hybridized carbons (Fsp3) is 0.350. The molecule has 1 aliphatic carbocycles. The van der Waals surface area contributed by atoms with E-state index in [0.29, 0.717) is 23.0 Å². The van der Waals surface area contributed by atoms with Gasteiger partial charge in [-0.15, -0.1) is 11.3 Å². The summed E-state index contributed by atoms with van der Waals surface area (Å²) in [6, 6.07) is 6.28. The van der Waals surface area contributed by atoms with E-state index in [2.05, 4.69) is 20.7 Å². The first-order valence-electron chi connectivity index (χ1n) is 9.25. The molecule has 6 nitrogen and oxygen atoms in total. The number of carbonyl (C=O) groups is 1. The summed E-state index contributed by atoms with van der Waals surface area (Å²) < 4.78 is 15.7. The van der Waals surface area contributed by atoms with Gasteiger partial charge in [0.05, 0.1) is 11.9 Å². The van der Waals surface area contributed by atoms with Gasteiger partial charge in [0.15, 0.2) is 5.13 Å². The molecule has 0 bridgehead atoms. The maximum atomic E-state index is 14.1. The molecule has 0 aliphatic heterocycles. The molecule has 1 unspecified atom stereocenters. The van der Waals surface area contributed by atoms with Crippen LogP contribution in [0.25, 0.3) is 0 Å². The van der Waals surface area contributed by atoms with Crippen molar-refractivity contribution in [1.82, 2.24) is 20.1 Å². The molecule has 146 valence electrons. The van der Waals surface area contributed by atoms with Crippen molar-refractivity contribution in [3.05, 3.63) is 64.2 Å². The number of aryl methyl sites for hydroxylation is 1. The molecular weight excluding hydrogens is 377 g/mol. The number of benzene rings is 1. The third-order valence-corrected chi connectivity index (χ3v) is 5.83. The normalized spacial score (nSPS) is 14.8. The van der Waals surface area contributed by atoms with Crippen molar-refractivity contribution in [3.63, 3.8) is 0 Å². The Hall–Kier alpha value is -2.58. The SMILES string of the molecule is CNC(C(=O)Nc1nc(C2CC2)c(Cc2ccccc2F)s1)c1cnn(C)c1. The monoisotopic (exact) mass is 399 g/mol. The van der Waals surface area contributed by atoms with Crippen molar-refractivity contribution in [1.29, 1.82) is 0 Å². The van der Waals surface area contributed by atoms with Crippen molar-refractivity contribution in [2.45, 2.75) is 31.2 Å². The highest BCUT2D eigenvalue weighted by Crippen LogP contribution is 2.44. The molecule has 3 aromatic rings. The summed E-state index contributed by atoms with van der Waals surface area (Å²) >= 11 is 1.43. The number of nitrogens with one attached hydrogen (secondary N) is 2. The van der Waals surface area contributed by atoms with E-state index in [1.807, 2.05) is 19.3 Å². The molecular formula is C20H22FN5OS. The molecule has 0 spiro atoms. The number of thiazole rings is 1. The molecule has 28 heavy (non-hydrogen) atoms. The average Bonchev–Trinajstić information content (AvgIpc) is 3.31. The van der Waals surface area contributed by atoms with Crippen LogP contribution in [-0.4, -0.2) is 27.7 Å². The van der Waals surface area contributed by atoms with Gasteiger partial charge in [-0.05, 0) is 31.5 Å². The first kappa shape index (κ1) is 18.8. The third kappa shape index (κ3) is 3.98. The number of rotatable bonds is 7. The molecule has 2 N–H and O–H groups in total. The van der Waals surface area contributed by atoms with Crippen LogP contribution in [0.3, 0.4) is 0 Å². The lowest BCUT2D eigenvalue weighted by molar-refractivity contribution is -0.118. The Labute approximate surface area is 166 Å². The number of likely N-dealkylation sites (N-methyl/N-ethyl adjacent to an activating group) is 1. The summed E-state index contributed by atoms with van der Waals surface area (Å²) in [4.78, 5) is 18.5. The quantitative estimate of drug-likeness (QED) is 0.639. The summed E-state index contributed by atoms with van der Waals surface area (Å²) in [6.07, 6.45) is 6.15. The minimum Gasteiger partial charge on any atom is -0.305 e. The van der Waals surface area contributed by atoms with Crippen molar-refractivity contribution < 1.29 is 9.18 Å². The van der Waals surface area contributed by atoms with Gasteiger partial charge in [-0.2, -0.15) is 5.10 Å². The number of nitrogens with zero attached hydrogens (tertiary/aromatic N) is 3. The van der Waals surface area contributed by atoms with Crippen LogP contribution in [-0.2, 0) is 18.3 Å². The zero-order valence-electron chi connectivity index (χ0n) is 15.8. The predicted octanol–water partition coefficient (Wildman–Crippen LogP) is 3.38. The topological polar surface area (TPSA) is 71.8 Å². The Morgan fingerprint density at radius 2 is 2.18 bits per heavy atom. The molecule has 1 fully saturated rings. The summed E-state index contributed by atoms with van der Waals surface area (Å²) in [6.45, 7) is 0. The summed E-state index contributed by atoms with van der Waals surface area (Å²) in [5, 5.41) is 10.6. The highest BCUT2D eigenvalue weighted by atomic mass is 32.1. The lowest BCUT2D eigenvalue weighted by Crippen LogP contribution is -2.30. The standard InChI is InChI=1S/C20H22FN5OS/c1-22-18(14-10-23-26(2)11-14)19(27)25-20-24-17(12-7-8-12)16(28-20)9-13-5-3-4-6-15(13)21/h3-6,10-12,18,22H,7-9H2,1-2H3,(H,24,25,27). The van der Waals surface area contributed by atoms with E-state index in [4.69, 9.17) is 0 Å². The lowest BCUT2D eigenvalue weighted by atomic mass is 10.1. The van der Waals surface area contributed by atoms with Crippen LogP contribution in [0.1, 0.15) is 46.5 Å². The third-order valence-electron chi connectivity index (χ3n) is 4.84. The number of carbonyl (C=O) groups excluding carboxylic acids is 1. The van der Waals surface area contributed by atoms with Gasteiger partial charge in [-0.3, -0.25) is 9.48 Å². The number of hydrogen-bond acceptors (Lipinski definition) is 5. The maximum Gasteiger partial charge on any atom is 0.247 e. The Kier molecular flexibility index (Phi) is 5.23. The second-order valence-electron chi connectivity index (χ2n) is 7.03. The number of hydrogen-bond donors (Lipinski definition) is 2. The molecule has 2 heterocycles. The Bertz CT molecular complexity index is 994. The largest absolute Gasteiger partial charge is 0.305 e. The number of amides is 1. The first-order valence-corrected chi connectivity index (χ1v) is 10.1. The van der Waals surface area contributed by atoms with E-state index in [-0.39, 0.29) is 11.7 Å². The van der Waals surface area contributed by atoms with Crippen LogP contribution in [0.5, 0.6) is 0 Å². The molecule has 8 heteroatoms. The first-order chi connectivity index (χ1) is 13.5. The fourth-order valence-electron chi connectivity index (χ4n) is 3.25. The Balaban J connectivity index is 1.55. The molecule has 1 saturated carbocycles. The molecule has 1 aliphatic rings. The lowest BCUT2D eigenvalue weighted by Gasteiger charge is -2.12. The Morgan fingerprint density at radius 3 is 2.82 bits per heavy atom. The van der Waals surface area contributed by atoms with Gasteiger partial charge in [0.1, 0.15) is 11.9 Å². The summed E-state index contributed by atoms with van der Waals surface area (Å²) in [7, 11) is 3.55. The molecule has 4 rings (SSSR count). The van der Waals surface area contributed by atoms with Crippen LogP contribution in [0.4, 0.5) is 9.52 Å². The molecule has 0 radical (unpaired) electrons. The molecule has 0 saturated heterocycles. The van der Waals surface area contributed by atoms with Gasteiger partial charge >= 0.3 is 0 Å². The van der Waals surface area contributed by atoms with Crippen molar-refractivity contribution >= 4 is 22.4 Å². The van der Waals surface area contributed by atoms with E-state index in [1.165, 1.54) is 17.4 Å². The second-order valence-corrected chi connectivity index (χ2v) is 8.11. The van der Waals surface area contributed by atoms with Crippen LogP contribution in [0.2, 0.25) is 0 Å². The van der Waals surface area contributed by atoms with Gasteiger partial charge in [-0.1, -0.05) is 18.2 Å². The number of halogens is 1. The van der Waals surface area contributed by atoms with E-state index >= 15 is 0 Å². The minimum atomic E-state index is -0.517. The molecule has 1 atom stereocenters. The van der Waals surface area contributed by atoms with Gasteiger partial charge in [0, 0.05) is 36.0 Å². The van der Waals surface area contributed by atoms with Gasteiger partial charge in [0.25, 0.3) is 0 Å².